The third-order valence-corrected chi connectivity index (χ3v) is 1.74. The molecule has 0 fully saturated rings. The normalized spacial score (nSPS) is 12.9. The fourth-order valence-corrected chi connectivity index (χ4v) is 1.13. The molecule has 1 rings (SSSR count). The molecule has 7 nitrogen and oxygen atoms in total. The molecular weight excluding hydrogens is 226 g/mol. The van der Waals surface area contributed by atoms with Crippen molar-refractivity contribution >= 4 is 12.1 Å². The molecule has 0 unspecified atom stereocenters. The molecule has 0 saturated heterocycles. The second kappa shape index (κ2) is 4.86. The number of hydrogen-bond acceptors (Lipinski definition) is 4. The highest BCUT2D eigenvalue weighted by atomic mass is 16.6. The molecule has 0 aliphatic carbocycles. The van der Waals surface area contributed by atoms with Crippen molar-refractivity contribution in [3.63, 3.8) is 0 Å². The Morgan fingerprint density at radius 1 is 1.53 bits per heavy atom. The molecule has 94 valence electrons. The smallest absolute Gasteiger partial charge is 0.408 e. The van der Waals surface area contributed by atoms with E-state index in [4.69, 9.17) is 9.84 Å². The van der Waals surface area contributed by atoms with Gasteiger partial charge in [0.25, 0.3) is 0 Å². The lowest BCUT2D eigenvalue weighted by Crippen LogP contribution is -2.38. The number of carbonyl (C=O) groups is 2. The molecule has 1 heterocycles. The van der Waals surface area contributed by atoms with Crippen molar-refractivity contribution in [2.75, 3.05) is 0 Å². The first-order valence-electron chi connectivity index (χ1n) is 5.01. The van der Waals surface area contributed by atoms with Crippen LogP contribution < -0.4 is 5.32 Å². The largest absolute Gasteiger partial charge is 0.479 e. The first kappa shape index (κ1) is 13.0. The first-order valence-corrected chi connectivity index (χ1v) is 5.01. The van der Waals surface area contributed by atoms with Crippen molar-refractivity contribution < 1.29 is 19.4 Å². The van der Waals surface area contributed by atoms with Crippen LogP contribution in [0.2, 0.25) is 0 Å². The third kappa shape index (κ3) is 4.13. The molecule has 17 heavy (non-hydrogen) atoms. The summed E-state index contributed by atoms with van der Waals surface area (Å²) in [7, 11) is 0. The number of amides is 1. The van der Waals surface area contributed by atoms with Gasteiger partial charge in [0.1, 0.15) is 5.60 Å². The van der Waals surface area contributed by atoms with Crippen molar-refractivity contribution in [2.45, 2.75) is 32.4 Å². The lowest BCUT2D eigenvalue weighted by atomic mass is 10.2. The molecule has 0 aromatic carbocycles. The number of nitrogens with one attached hydrogen (secondary N) is 2. The third-order valence-electron chi connectivity index (χ3n) is 1.74. The SMILES string of the molecule is CC(C)(C)OC(=O)N[C@@H](C(=O)O)c1ccn[nH]1. The van der Waals surface area contributed by atoms with E-state index in [1.54, 1.807) is 20.8 Å². The van der Waals surface area contributed by atoms with E-state index in [2.05, 4.69) is 15.5 Å². The highest BCUT2D eigenvalue weighted by Gasteiger charge is 2.26. The summed E-state index contributed by atoms with van der Waals surface area (Å²) in [6.07, 6.45) is 0.613. The topological polar surface area (TPSA) is 104 Å². The zero-order chi connectivity index (χ0) is 13.1. The van der Waals surface area contributed by atoms with E-state index >= 15 is 0 Å². The number of H-pyrrole nitrogens is 1. The Morgan fingerprint density at radius 3 is 2.59 bits per heavy atom. The van der Waals surface area contributed by atoms with Crippen molar-refractivity contribution in [3.05, 3.63) is 18.0 Å². The predicted molar refractivity (Wildman–Crippen MR) is 58.3 cm³/mol. The van der Waals surface area contributed by atoms with Crippen LogP contribution in [-0.4, -0.2) is 33.0 Å². The van der Waals surface area contributed by atoms with E-state index in [-0.39, 0.29) is 5.69 Å². The van der Waals surface area contributed by atoms with Gasteiger partial charge in [-0.3, -0.25) is 5.10 Å². The molecule has 1 amide bonds. The molecule has 1 aromatic heterocycles. The molecule has 0 bridgehead atoms. The average Bonchev–Trinajstić information content (AvgIpc) is 2.63. The molecule has 0 radical (unpaired) electrons. The van der Waals surface area contributed by atoms with Crippen LogP contribution in [0.15, 0.2) is 12.3 Å². The highest BCUT2D eigenvalue weighted by Crippen LogP contribution is 2.12. The number of aliphatic carboxylic acids is 1. The number of aromatic nitrogens is 2. The number of aromatic amines is 1. The number of carboxylic acids is 1. The molecular formula is C10H15N3O4. The van der Waals surface area contributed by atoms with Gasteiger partial charge in [-0.25, -0.2) is 9.59 Å². The van der Waals surface area contributed by atoms with Gasteiger partial charge in [0.15, 0.2) is 6.04 Å². The van der Waals surface area contributed by atoms with E-state index in [0.717, 1.165) is 0 Å². The van der Waals surface area contributed by atoms with E-state index in [0.29, 0.717) is 0 Å². The summed E-state index contributed by atoms with van der Waals surface area (Å²) in [5.41, 5.74) is -0.399. The summed E-state index contributed by atoms with van der Waals surface area (Å²) in [6, 6.07) is 0.267. The van der Waals surface area contributed by atoms with Gasteiger partial charge in [0.2, 0.25) is 0 Å². The highest BCUT2D eigenvalue weighted by molar-refractivity contribution is 5.80. The Balaban J connectivity index is 2.69. The summed E-state index contributed by atoms with van der Waals surface area (Å²) in [4.78, 5) is 22.4. The maximum Gasteiger partial charge on any atom is 0.408 e. The van der Waals surface area contributed by atoms with Gasteiger partial charge in [-0.2, -0.15) is 5.10 Å². The number of hydrogen-bond donors (Lipinski definition) is 3. The van der Waals surface area contributed by atoms with Crippen LogP contribution in [0.5, 0.6) is 0 Å². The quantitative estimate of drug-likeness (QED) is 0.734. The average molecular weight is 241 g/mol. The van der Waals surface area contributed by atoms with Crippen LogP contribution in [0.1, 0.15) is 32.5 Å². The van der Waals surface area contributed by atoms with Gasteiger partial charge in [-0.15, -0.1) is 0 Å². The number of nitrogens with zero attached hydrogens (tertiary/aromatic N) is 1. The summed E-state index contributed by atoms with van der Waals surface area (Å²) in [5, 5.41) is 17.3. The Labute approximate surface area is 98.2 Å². The molecule has 0 aliphatic heterocycles. The van der Waals surface area contributed by atoms with E-state index in [9.17, 15) is 9.59 Å². The Morgan fingerprint density at radius 2 is 2.18 bits per heavy atom. The molecule has 0 aliphatic rings. The summed E-state index contributed by atoms with van der Waals surface area (Å²) in [5.74, 6) is -1.19. The number of carboxylic acid groups (broad SMARTS) is 1. The summed E-state index contributed by atoms with van der Waals surface area (Å²) < 4.78 is 4.97. The van der Waals surface area contributed by atoms with Crippen LogP contribution >= 0.6 is 0 Å². The van der Waals surface area contributed by atoms with Crippen molar-refractivity contribution in [1.29, 1.82) is 0 Å². The Hall–Kier alpha value is -2.05. The monoisotopic (exact) mass is 241 g/mol. The van der Waals surface area contributed by atoms with Gasteiger partial charge in [-0.05, 0) is 26.8 Å². The fraction of sp³-hybridized carbons (Fsp3) is 0.500. The second-order valence-electron chi connectivity index (χ2n) is 4.43. The number of carbonyl (C=O) groups excluding carboxylic acids is 1. The zero-order valence-electron chi connectivity index (χ0n) is 9.85. The molecule has 1 aromatic rings. The molecule has 7 heteroatoms. The molecule has 3 N–H and O–H groups in total. The van der Waals surface area contributed by atoms with Crippen LogP contribution in [-0.2, 0) is 9.53 Å². The molecule has 1 atom stereocenters. The minimum absolute atomic E-state index is 0.281. The van der Waals surface area contributed by atoms with Crippen molar-refractivity contribution in [2.24, 2.45) is 0 Å². The van der Waals surface area contributed by atoms with E-state index in [1.165, 1.54) is 12.3 Å². The zero-order valence-corrected chi connectivity index (χ0v) is 9.85. The van der Waals surface area contributed by atoms with Gasteiger partial charge >= 0.3 is 12.1 Å². The minimum atomic E-state index is -1.20. The van der Waals surface area contributed by atoms with Gasteiger partial charge < -0.3 is 15.2 Å². The van der Waals surface area contributed by atoms with Gasteiger partial charge in [-0.1, -0.05) is 0 Å². The Kier molecular flexibility index (Phi) is 3.72. The summed E-state index contributed by atoms with van der Waals surface area (Å²) in [6.45, 7) is 5.08. The van der Waals surface area contributed by atoms with E-state index in [1.807, 2.05) is 0 Å². The van der Waals surface area contributed by atoms with Gasteiger partial charge in [0.05, 0.1) is 5.69 Å². The number of alkyl carbamates (subject to hydrolysis) is 1. The van der Waals surface area contributed by atoms with Crippen LogP contribution in [0.3, 0.4) is 0 Å². The maximum atomic E-state index is 11.4. The first-order chi connectivity index (χ1) is 7.79. The lowest BCUT2D eigenvalue weighted by Gasteiger charge is -2.21. The van der Waals surface area contributed by atoms with Crippen molar-refractivity contribution in [1.82, 2.24) is 15.5 Å². The Bertz CT molecular complexity index is 394. The lowest BCUT2D eigenvalue weighted by molar-refractivity contribution is -0.139. The van der Waals surface area contributed by atoms with Gasteiger partial charge in [0, 0.05) is 6.20 Å². The van der Waals surface area contributed by atoms with Crippen LogP contribution in [0.25, 0.3) is 0 Å². The molecule has 0 spiro atoms. The van der Waals surface area contributed by atoms with Crippen LogP contribution in [0, 0.1) is 0 Å². The second-order valence-corrected chi connectivity index (χ2v) is 4.43. The maximum absolute atomic E-state index is 11.4. The number of ether oxygens (including phenoxy) is 1. The molecule has 0 saturated carbocycles. The van der Waals surface area contributed by atoms with Crippen LogP contribution in [0.4, 0.5) is 4.79 Å². The van der Waals surface area contributed by atoms with E-state index < -0.39 is 23.7 Å². The summed E-state index contributed by atoms with van der Waals surface area (Å²) >= 11 is 0. The fourth-order valence-electron chi connectivity index (χ4n) is 1.13. The minimum Gasteiger partial charge on any atom is -0.479 e. The number of rotatable bonds is 3. The van der Waals surface area contributed by atoms with Crippen molar-refractivity contribution in [3.8, 4) is 0 Å². The predicted octanol–water partition coefficient (Wildman–Crippen LogP) is 1.06. The standard InChI is InChI=1S/C10H15N3O4/c1-10(2,3)17-9(16)12-7(8(14)15)6-4-5-11-13-6/h4-5,7H,1-3H3,(H,11,13)(H,12,16)(H,14,15)/t7-/m1/s1.